The fourth-order valence-electron chi connectivity index (χ4n) is 6.20. The van der Waals surface area contributed by atoms with E-state index >= 15 is 0 Å². The molecule has 0 atom stereocenters. The molecule has 3 N–H and O–H groups in total. The first-order valence-electron chi connectivity index (χ1n) is 15.9. The second-order valence-electron chi connectivity index (χ2n) is 11.9. The number of amides is 2. The molecule has 0 saturated carbocycles. The molecule has 1 saturated heterocycles. The van der Waals surface area contributed by atoms with Crippen LogP contribution in [0.1, 0.15) is 63.1 Å². The third-order valence-corrected chi connectivity index (χ3v) is 9.61. The van der Waals surface area contributed by atoms with Gasteiger partial charge >= 0.3 is 5.97 Å². The number of hydrogen-bond acceptors (Lipinski definition) is 6. The average Bonchev–Trinajstić information content (AvgIpc) is 3.50. The van der Waals surface area contributed by atoms with Crippen LogP contribution in [0.5, 0.6) is 0 Å². The summed E-state index contributed by atoms with van der Waals surface area (Å²) in [6.07, 6.45) is 6.88. The molecule has 0 radical (unpaired) electrons. The number of carbonyl (C=O) groups excluding carboxylic acids is 2. The number of carboxylic acids is 1. The van der Waals surface area contributed by atoms with Crippen molar-refractivity contribution < 1.29 is 19.5 Å². The number of rotatable bonds is 11. The number of aromatic nitrogens is 1. The summed E-state index contributed by atoms with van der Waals surface area (Å²) in [4.78, 5) is 44.8. The minimum atomic E-state index is -0.816. The fourth-order valence-corrected chi connectivity index (χ4v) is 7.08. The Hall–Kier alpha value is -4.63. The predicted octanol–water partition coefficient (Wildman–Crippen LogP) is 6.60. The molecule has 0 unspecified atom stereocenters. The van der Waals surface area contributed by atoms with Crippen LogP contribution in [0.4, 0.5) is 11.4 Å². The number of piperidine rings is 1. The van der Waals surface area contributed by atoms with Gasteiger partial charge in [0.05, 0.1) is 17.8 Å². The van der Waals surface area contributed by atoms with E-state index in [1.165, 1.54) is 29.3 Å². The van der Waals surface area contributed by atoms with Crippen LogP contribution in [0.25, 0.3) is 11.3 Å². The van der Waals surface area contributed by atoms with Gasteiger partial charge in [-0.25, -0.2) is 0 Å². The van der Waals surface area contributed by atoms with E-state index in [0.29, 0.717) is 34.0 Å². The first-order valence-corrected chi connectivity index (χ1v) is 17.0. The van der Waals surface area contributed by atoms with Crippen molar-refractivity contribution >= 4 is 40.9 Å². The molecule has 6 rings (SSSR count). The number of nitrogens with one attached hydrogen (secondary N) is 2. The van der Waals surface area contributed by atoms with E-state index in [2.05, 4.69) is 38.7 Å². The highest BCUT2D eigenvalue weighted by Gasteiger charge is 2.24. The Kier molecular flexibility index (Phi) is 9.98. The van der Waals surface area contributed by atoms with Crippen molar-refractivity contribution in [2.75, 3.05) is 29.1 Å². The standard InChI is InChI=1S/C37H38N4O4S/c42-35(43)14-18-46-24-25-7-6-10-28(19-25)37(45)40-33-12-11-31(41-16-4-1-5-17-41)23-32(33)34-22-29(13-15-38-34)36(44)39-30-20-26-8-2-3-9-27(26)21-30/h2-3,6-13,15,19,22-23,30H,1,4-5,14,16-18,20-21,24H2,(H,39,44)(H,40,45)(H,42,43). The highest BCUT2D eigenvalue weighted by molar-refractivity contribution is 7.98. The molecule has 46 heavy (non-hydrogen) atoms. The summed E-state index contributed by atoms with van der Waals surface area (Å²) < 4.78 is 0. The van der Waals surface area contributed by atoms with E-state index in [0.717, 1.165) is 55.6 Å². The normalized spacial score (nSPS) is 14.5. The Bertz CT molecular complexity index is 1710. The first-order chi connectivity index (χ1) is 22.4. The lowest BCUT2D eigenvalue weighted by Crippen LogP contribution is -2.35. The minimum Gasteiger partial charge on any atom is -0.481 e. The van der Waals surface area contributed by atoms with Crippen molar-refractivity contribution in [2.24, 2.45) is 0 Å². The summed E-state index contributed by atoms with van der Waals surface area (Å²) >= 11 is 1.53. The summed E-state index contributed by atoms with van der Waals surface area (Å²) in [7, 11) is 0. The molecule has 1 aliphatic heterocycles. The van der Waals surface area contributed by atoms with Crippen molar-refractivity contribution in [3.63, 3.8) is 0 Å². The smallest absolute Gasteiger partial charge is 0.304 e. The lowest BCUT2D eigenvalue weighted by Gasteiger charge is -2.29. The number of fused-ring (bicyclic) bond motifs is 1. The van der Waals surface area contributed by atoms with Crippen LogP contribution < -0.4 is 15.5 Å². The molecular formula is C37H38N4O4S. The number of pyridine rings is 1. The molecule has 9 heteroatoms. The lowest BCUT2D eigenvalue weighted by atomic mass is 10.0. The van der Waals surface area contributed by atoms with Gasteiger partial charge in [0.1, 0.15) is 0 Å². The van der Waals surface area contributed by atoms with Crippen LogP contribution in [0, 0.1) is 0 Å². The van der Waals surface area contributed by atoms with Gasteiger partial charge in [0.2, 0.25) is 0 Å². The third-order valence-electron chi connectivity index (χ3n) is 8.58. The molecule has 1 aliphatic carbocycles. The quantitative estimate of drug-likeness (QED) is 0.160. The zero-order chi connectivity index (χ0) is 31.9. The molecule has 2 heterocycles. The molecule has 1 aromatic heterocycles. The van der Waals surface area contributed by atoms with Crippen LogP contribution in [-0.2, 0) is 23.4 Å². The second kappa shape index (κ2) is 14.6. The molecule has 2 aliphatic rings. The summed E-state index contributed by atoms with van der Waals surface area (Å²) in [5, 5.41) is 15.2. The van der Waals surface area contributed by atoms with E-state index < -0.39 is 5.97 Å². The predicted molar refractivity (Wildman–Crippen MR) is 184 cm³/mol. The third kappa shape index (κ3) is 7.77. The fraction of sp³-hybridized carbons (Fsp3) is 0.297. The average molecular weight is 635 g/mol. The number of carboxylic acid groups (broad SMARTS) is 1. The minimum absolute atomic E-state index is 0.0464. The largest absolute Gasteiger partial charge is 0.481 e. The summed E-state index contributed by atoms with van der Waals surface area (Å²) in [5.41, 5.74) is 7.59. The van der Waals surface area contributed by atoms with E-state index in [1.54, 1.807) is 24.4 Å². The summed E-state index contributed by atoms with van der Waals surface area (Å²) in [6.45, 7) is 1.95. The van der Waals surface area contributed by atoms with Gasteiger partial charge in [0.15, 0.2) is 0 Å². The highest BCUT2D eigenvalue weighted by atomic mass is 32.2. The maximum atomic E-state index is 13.5. The number of anilines is 2. The number of benzene rings is 3. The summed E-state index contributed by atoms with van der Waals surface area (Å²) in [5.74, 6) is -0.0771. The molecule has 8 nitrogen and oxygen atoms in total. The van der Waals surface area contributed by atoms with E-state index in [4.69, 9.17) is 5.11 Å². The number of thioether (sulfide) groups is 1. The highest BCUT2D eigenvalue weighted by Crippen LogP contribution is 2.33. The van der Waals surface area contributed by atoms with E-state index in [9.17, 15) is 14.4 Å². The summed E-state index contributed by atoms with van der Waals surface area (Å²) in [6, 6.07) is 25.3. The van der Waals surface area contributed by atoms with Gasteiger partial charge in [-0.2, -0.15) is 11.8 Å². The van der Waals surface area contributed by atoms with Crippen LogP contribution in [0.2, 0.25) is 0 Å². The Labute approximate surface area is 273 Å². The van der Waals surface area contributed by atoms with Crippen LogP contribution >= 0.6 is 11.8 Å². The van der Waals surface area contributed by atoms with Crippen molar-refractivity contribution in [1.82, 2.24) is 10.3 Å². The number of hydrogen-bond donors (Lipinski definition) is 3. The number of carbonyl (C=O) groups is 3. The molecule has 0 bridgehead atoms. The Balaban J connectivity index is 1.23. The zero-order valence-corrected chi connectivity index (χ0v) is 26.5. The van der Waals surface area contributed by atoms with Crippen molar-refractivity contribution in [3.05, 3.63) is 113 Å². The Morgan fingerprint density at radius 2 is 1.61 bits per heavy atom. The lowest BCUT2D eigenvalue weighted by molar-refractivity contribution is -0.136. The molecule has 3 aromatic carbocycles. The van der Waals surface area contributed by atoms with Gasteiger partial charge in [0.25, 0.3) is 11.8 Å². The second-order valence-corrected chi connectivity index (χ2v) is 13.0. The number of nitrogens with zero attached hydrogens (tertiary/aromatic N) is 2. The Morgan fingerprint density at radius 1 is 0.848 bits per heavy atom. The van der Waals surface area contributed by atoms with E-state index in [-0.39, 0.29) is 24.3 Å². The van der Waals surface area contributed by atoms with Crippen molar-refractivity contribution in [1.29, 1.82) is 0 Å². The Morgan fingerprint density at radius 3 is 2.37 bits per heavy atom. The van der Waals surface area contributed by atoms with Gasteiger partial charge in [0, 0.05) is 59.2 Å². The molecule has 1 fully saturated rings. The van der Waals surface area contributed by atoms with Crippen molar-refractivity contribution in [3.8, 4) is 11.3 Å². The topological polar surface area (TPSA) is 112 Å². The van der Waals surface area contributed by atoms with Crippen LogP contribution in [0.15, 0.2) is 85.1 Å². The van der Waals surface area contributed by atoms with Gasteiger partial charge in [-0.05, 0) is 91.3 Å². The first kappa shape index (κ1) is 31.4. The molecule has 4 aromatic rings. The van der Waals surface area contributed by atoms with E-state index in [1.807, 2.05) is 42.5 Å². The molecule has 2 amide bonds. The van der Waals surface area contributed by atoms with Crippen molar-refractivity contribution in [2.45, 2.75) is 50.3 Å². The van der Waals surface area contributed by atoms with Gasteiger partial charge in [-0.15, -0.1) is 0 Å². The molecular weight excluding hydrogens is 596 g/mol. The molecule has 236 valence electrons. The molecule has 0 spiro atoms. The van der Waals surface area contributed by atoms with Gasteiger partial charge in [-0.1, -0.05) is 36.4 Å². The van der Waals surface area contributed by atoms with Crippen LogP contribution in [0.3, 0.4) is 0 Å². The van der Waals surface area contributed by atoms with Gasteiger partial charge < -0.3 is 20.6 Å². The monoisotopic (exact) mass is 634 g/mol. The van der Waals surface area contributed by atoms with Crippen LogP contribution in [-0.4, -0.2) is 52.8 Å². The SMILES string of the molecule is O=C(O)CCSCc1cccc(C(=O)Nc2ccc(N3CCCCC3)cc2-c2cc(C(=O)NC3Cc4ccccc4C3)ccn2)c1. The zero-order valence-electron chi connectivity index (χ0n) is 25.7. The maximum absolute atomic E-state index is 13.5. The van der Waals surface area contributed by atoms with Gasteiger partial charge in [-0.3, -0.25) is 19.4 Å². The maximum Gasteiger partial charge on any atom is 0.304 e. The number of aliphatic carboxylic acids is 1.